The largest absolute Gasteiger partial charge is 0.511 e. The van der Waals surface area contributed by atoms with Crippen molar-refractivity contribution in [1.82, 2.24) is 9.47 Å². The number of rotatable bonds is 4. The summed E-state index contributed by atoms with van der Waals surface area (Å²) < 4.78 is 36.5. The van der Waals surface area contributed by atoms with Gasteiger partial charge in [0.05, 0.1) is 17.1 Å². The highest BCUT2D eigenvalue weighted by Gasteiger charge is 2.45. The summed E-state index contributed by atoms with van der Waals surface area (Å²) in [7, 11) is 0. The number of hydrogen-bond donors (Lipinski definition) is 1. The first-order chi connectivity index (χ1) is 13.7. The number of piperazine rings is 1. The first-order valence-electron chi connectivity index (χ1n) is 9.71. The quantitative estimate of drug-likeness (QED) is 0.786. The normalized spacial score (nSPS) is 21.5. The fourth-order valence-electron chi connectivity index (χ4n) is 4.73. The summed E-state index contributed by atoms with van der Waals surface area (Å²) in [4.78, 5) is 27.5. The number of fused-ring (bicyclic) bond motifs is 3. The zero-order valence-electron chi connectivity index (χ0n) is 16.5. The van der Waals surface area contributed by atoms with Gasteiger partial charge in [-0.2, -0.15) is 0 Å². The van der Waals surface area contributed by atoms with E-state index in [0.29, 0.717) is 12.6 Å². The number of likely N-dealkylation sites (tertiary alicyclic amines) is 1. The van der Waals surface area contributed by atoms with Crippen LogP contribution in [-0.4, -0.2) is 51.9 Å². The molecule has 2 bridgehead atoms. The van der Waals surface area contributed by atoms with Gasteiger partial charge in [-0.3, -0.25) is 9.69 Å². The Bertz CT molecular complexity index is 1050. The molecule has 0 saturated carbocycles. The van der Waals surface area contributed by atoms with Crippen LogP contribution in [0, 0.1) is 11.6 Å². The zero-order chi connectivity index (χ0) is 21.0. The van der Waals surface area contributed by atoms with Gasteiger partial charge in [-0.1, -0.05) is 0 Å². The zero-order valence-corrected chi connectivity index (χ0v) is 16.5. The van der Waals surface area contributed by atoms with Crippen LogP contribution in [0.2, 0.25) is 0 Å². The Balaban J connectivity index is 1.84. The molecule has 2 saturated heterocycles. The first-order valence-corrected chi connectivity index (χ1v) is 9.71. The van der Waals surface area contributed by atoms with Crippen LogP contribution in [0.5, 0.6) is 5.75 Å². The van der Waals surface area contributed by atoms with Crippen LogP contribution in [0.4, 0.5) is 19.3 Å². The monoisotopic (exact) mass is 407 g/mol. The van der Waals surface area contributed by atoms with Crippen molar-refractivity contribution >= 4 is 22.7 Å². The Morgan fingerprint density at radius 3 is 2.59 bits per heavy atom. The minimum Gasteiger partial charge on any atom is -0.449 e. The predicted molar refractivity (Wildman–Crippen MR) is 104 cm³/mol. The molecule has 2 atom stereocenters. The number of benzene rings is 1. The van der Waals surface area contributed by atoms with Crippen molar-refractivity contribution in [1.29, 1.82) is 0 Å². The van der Waals surface area contributed by atoms with Crippen molar-refractivity contribution in [2.24, 2.45) is 0 Å². The summed E-state index contributed by atoms with van der Waals surface area (Å²) in [6.45, 7) is 7.46. The molecular formula is C20H23F2N3O4. The van der Waals surface area contributed by atoms with Crippen molar-refractivity contribution in [3.8, 4) is 5.75 Å². The summed E-state index contributed by atoms with van der Waals surface area (Å²) in [6.07, 6.45) is 0.339. The molecule has 156 valence electrons. The molecule has 7 nitrogen and oxygen atoms in total. The van der Waals surface area contributed by atoms with E-state index in [1.807, 2.05) is 0 Å². The lowest BCUT2D eigenvalue weighted by atomic mass is 10.1. The van der Waals surface area contributed by atoms with E-state index >= 15 is 8.78 Å². The Labute approximate surface area is 166 Å². The van der Waals surface area contributed by atoms with Crippen molar-refractivity contribution in [2.75, 3.05) is 18.0 Å². The molecule has 2 fully saturated rings. The molecule has 9 heteroatoms. The van der Waals surface area contributed by atoms with E-state index in [4.69, 9.17) is 5.11 Å². The summed E-state index contributed by atoms with van der Waals surface area (Å²) in [5.74, 6) is -2.11. The number of aromatic nitrogens is 1. The van der Waals surface area contributed by atoms with Gasteiger partial charge < -0.3 is 19.3 Å². The second kappa shape index (κ2) is 6.98. The molecule has 1 N–H and O–H groups in total. The maximum absolute atomic E-state index is 15.6. The molecule has 0 spiro atoms. The number of carbonyl (C=O) groups is 1. The average molecular weight is 407 g/mol. The van der Waals surface area contributed by atoms with Crippen LogP contribution >= 0.6 is 0 Å². The molecule has 0 aliphatic carbocycles. The molecule has 2 aliphatic rings. The minimum atomic E-state index is -1.66. The number of aryl methyl sites for hydroxylation is 1. The average Bonchev–Trinajstić information content (AvgIpc) is 3.24. The third-order valence-electron chi connectivity index (χ3n) is 5.97. The van der Waals surface area contributed by atoms with Gasteiger partial charge in [0, 0.05) is 37.8 Å². The van der Waals surface area contributed by atoms with Gasteiger partial charge in [-0.15, -0.1) is 0 Å². The first kappa shape index (κ1) is 19.6. The lowest BCUT2D eigenvalue weighted by Gasteiger charge is -2.38. The molecule has 29 heavy (non-hydrogen) atoms. The van der Waals surface area contributed by atoms with Crippen molar-refractivity contribution in [2.45, 2.75) is 51.9 Å². The molecular weight excluding hydrogens is 384 g/mol. The molecule has 0 radical (unpaired) electrons. The summed E-state index contributed by atoms with van der Waals surface area (Å²) in [5.41, 5.74) is -1.03. The highest BCUT2D eigenvalue weighted by atomic mass is 19.1. The van der Waals surface area contributed by atoms with E-state index in [1.165, 1.54) is 4.57 Å². The van der Waals surface area contributed by atoms with E-state index in [1.54, 1.807) is 11.8 Å². The second-order valence-corrected chi connectivity index (χ2v) is 7.88. The van der Waals surface area contributed by atoms with E-state index in [9.17, 15) is 9.59 Å². The van der Waals surface area contributed by atoms with Gasteiger partial charge in [0.15, 0.2) is 11.6 Å². The van der Waals surface area contributed by atoms with Gasteiger partial charge in [0.2, 0.25) is 5.43 Å². The van der Waals surface area contributed by atoms with E-state index in [2.05, 4.69) is 23.5 Å². The molecule has 2 aromatic rings. The van der Waals surface area contributed by atoms with Crippen LogP contribution in [0.3, 0.4) is 0 Å². The number of ether oxygens (including phenoxy) is 1. The Morgan fingerprint density at radius 1 is 1.31 bits per heavy atom. The van der Waals surface area contributed by atoms with Gasteiger partial charge in [-0.25, -0.2) is 13.6 Å². The van der Waals surface area contributed by atoms with E-state index in [0.717, 1.165) is 25.2 Å². The number of carboxylic acid groups (broad SMARTS) is 1. The van der Waals surface area contributed by atoms with Crippen molar-refractivity contribution in [3.05, 3.63) is 34.1 Å². The maximum Gasteiger partial charge on any atom is 0.511 e. The third-order valence-corrected chi connectivity index (χ3v) is 5.97. The van der Waals surface area contributed by atoms with Crippen LogP contribution < -0.4 is 15.1 Å². The number of pyridine rings is 1. The summed E-state index contributed by atoms with van der Waals surface area (Å²) >= 11 is 0. The van der Waals surface area contributed by atoms with Crippen LogP contribution in [0.15, 0.2) is 17.1 Å². The smallest absolute Gasteiger partial charge is 0.449 e. The maximum atomic E-state index is 15.6. The van der Waals surface area contributed by atoms with Gasteiger partial charge in [0.1, 0.15) is 11.5 Å². The third kappa shape index (κ3) is 3.04. The van der Waals surface area contributed by atoms with Crippen molar-refractivity contribution in [3.63, 3.8) is 0 Å². The van der Waals surface area contributed by atoms with Crippen LogP contribution in [-0.2, 0) is 6.54 Å². The van der Waals surface area contributed by atoms with Crippen LogP contribution in [0.25, 0.3) is 10.9 Å². The Kier molecular flexibility index (Phi) is 4.72. The molecule has 1 aromatic carbocycles. The van der Waals surface area contributed by atoms with Crippen molar-refractivity contribution < 1.29 is 23.4 Å². The molecule has 0 amide bonds. The molecule has 3 heterocycles. The molecule has 1 aromatic heterocycles. The van der Waals surface area contributed by atoms with E-state index < -0.39 is 29.0 Å². The van der Waals surface area contributed by atoms with Gasteiger partial charge >= 0.3 is 6.16 Å². The summed E-state index contributed by atoms with van der Waals surface area (Å²) in [6, 6.07) is 1.62. The number of hydrogen-bond acceptors (Lipinski definition) is 5. The van der Waals surface area contributed by atoms with Crippen LogP contribution in [0.1, 0.15) is 27.2 Å². The Morgan fingerprint density at radius 2 is 2.03 bits per heavy atom. The lowest BCUT2D eigenvalue weighted by molar-refractivity contribution is 0.144. The SMILES string of the molecule is CCn1cc(OC(=O)O)c(=O)c2cc(F)c(N3CC4CC3CN4C(C)C)c(F)c21. The minimum absolute atomic E-state index is 0.0141. The van der Waals surface area contributed by atoms with Gasteiger partial charge in [0.25, 0.3) is 0 Å². The fourth-order valence-corrected chi connectivity index (χ4v) is 4.73. The number of anilines is 1. The number of nitrogens with zero attached hydrogens (tertiary/aromatic N) is 3. The lowest BCUT2D eigenvalue weighted by Crippen LogP contribution is -2.49. The molecule has 2 unspecified atom stereocenters. The Hall–Kier alpha value is -2.68. The molecule has 2 aliphatic heterocycles. The second-order valence-electron chi connectivity index (χ2n) is 7.88. The predicted octanol–water partition coefficient (Wildman–Crippen LogP) is 3.03. The fraction of sp³-hybridized carbons (Fsp3) is 0.500. The highest BCUT2D eigenvalue weighted by Crippen LogP contribution is 2.39. The van der Waals surface area contributed by atoms with Gasteiger partial charge in [-0.05, 0) is 33.3 Å². The molecule has 4 rings (SSSR count). The standard InChI is InChI=1S/C20H23F2N3O4/c1-4-23-9-15(29-20(27)28)19(26)13-6-14(21)18(16(22)17(13)23)25-8-11-5-12(25)7-24(11)10(2)3/h6,9-12H,4-5,7-8H2,1-3H3,(H,27,28). The number of halogens is 2. The summed E-state index contributed by atoms with van der Waals surface area (Å²) in [5, 5.41) is 8.58. The highest BCUT2D eigenvalue weighted by molar-refractivity contribution is 5.86. The topological polar surface area (TPSA) is 75.0 Å². The van der Waals surface area contributed by atoms with E-state index in [-0.39, 0.29) is 35.2 Å².